The lowest BCUT2D eigenvalue weighted by atomic mass is 10.3. The highest BCUT2D eigenvalue weighted by Gasteiger charge is 2.14. The molecule has 2 rings (SSSR count). The van der Waals surface area contributed by atoms with E-state index in [2.05, 4.69) is 4.99 Å². The maximum absolute atomic E-state index is 12.0. The third-order valence-corrected chi connectivity index (χ3v) is 3.58. The predicted molar refractivity (Wildman–Crippen MR) is 82.2 cm³/mol. The normalized spacial score (nSPS) is 11.3. The van der Waals surface area contributed by atoms with Crippen LogP contribution in [0.2, 0.25) is 0 Å². The molecule has 0 aliphatic heterocycles. The maximum atomic E-state index is 12.0. The molecule has 0 radical (unpaired) electrons. The van der Waals surface area contributed by atoms with Gasteiger partial charge in [0.25, 0.3) is 11.1 Å². The van der Waals surface area contributed by atoms with Crippen LogP contribution < -0.4 is 27.6 Å². The molecule has 0 bridgehead atoms. The molecule has 11 heteroatoms. The molecule has 0 saturated heterocycles. The van der Waals surface area contributed by atoms with Crippen molar-refractivity contribution in [3.63, 3.8) is 0 Å². The van der Waals surface area contributed by atoms with Crippen molar-refractivity contribution in [2.75, 3.05) is 0 Å². The Balaban J connectivity index is 2.77. The number of aromatic hydroxyl groups is 1. The van der Waals surface area contributed by atoms with Crippen molar-refractivity contribution in [2.45, 2.75) is 0 Å². The van der Waals surface area contributed by atoms with Gasteiger partial charge in [0, 0.05) is 34.4 Å². The standard InChI is InChI=1S/C13H15N5O6/c1-15-8(19)6(9(20)16(2)12(15)23)5-14-7-10(21)17(3)13(24)18(4)11(7)22/h5,19,21H,1-4H3/p-1. The Morgan fingerprint density at radius 2 is 1.38 bits per heavy atom. The lowest BCUT2D eigenvalue weighted by Crippen LogP contribution is -2.40. The molecule has 0 amide bonds. The Bertz CT molecular complexity index is 1010. The summed E-state index contributed by atoms with van der Waals surface area (Å²) in [6.07, 6.45) is 0.783. The van der Waals surface area contributed by atoms with Gasteiger partial charge in [-0.25, -0.2) is 14.6 Å². The van der Waals surface area contributed by atoms with Gasteiger partial charge in [-0.1, -0.05) is 0 Å². The molecule has 0 saturated carbocycles. The average molecular weight is 336 g/mol. The second kappa shape index (κ2) is 5.68. The monoisotopic (exact) mass is 336 g/mol. The molecule has 128 valence electrons. The van der Waals surface area contributed by atoms with Gasteiger partial charge in [-0.15, -0.1) is 0 Å². The fourth-order valence-corrected chi connectivity index (χ4v) is 2.02. The number of nitrogens with zero attached hydrogens (tertiary/aromatic N) is 5. The Labute approximate surface area is 133 Å². The summed E-state index contributed by atoms with van der Waals surface area (Å²) in [5, 5.41) is 21.9. The molecule has 2 heterocycles. The van der Waals surface area contributed by atoms with Crippen molar-refractivity contribution >= 4 is 11.9 Å². The molecule has 0 fully saturated rings. The molecule has 1 N–H and O–H groups in total. The first-order valence-corrected chi connectivity index (χ1v) is 6.59. The van der Waals surface area contributed by atoms with E-state index in [1.54, 1.807) is 0 Å². The van der Waals surface area contributed by atoms with Gasteiger partial charge in [-0.3, -0.25) is 23.3 Å². The maximum Gasteiger partial charge on any atom is 0.333 e. The van der Waals surface area contributed by atoms with E-state index in [9.17, 15) is 29.4 Å². The second-order valence-corrected chi connectivity index (χ2v) is 5.06. The minimum absolute atomic E-state index is 0.463. The van der Waals surface area contributed by atoms with Gasteiger partial charge in [0.2, 0.25) is 5.88 Å². The van der Waals surface area contributed by atoms with Gasteiger partial charge >= 0.3 is 11.4 Å². The third-order valence-electron chi connectivity index (χ3n) is 3.58. The molecule has 11 nitrogen and oxygen atoms in total. The smallest absolute Gasteiger partial charge is 0.333 e. The zero-order valence-electron chi connectivity index (χ0n) is 13.3. The molecule has 0 unspecified atom stereocenters. The van der Waals surface area contributed by atoms with Crippen LogP contribution in [0.5, 0.6) is 11.8 Å². The summed E-state index contributed by atoms with van der Waals surface area (Å²) in [5.74, 6) is -1.61. The van der Waals surface area contributed by atoms with E-state index < -0.39 is 45.5 Å². The average Bonchev–Trinajstić information content (AvgIpc) is 2.57. The molecule has 2 aromatic heterocycles. The quantitative estimate of drug-likeness (QED) is 0.579. The number of aromatic nitrogens is 4. The zero-order chi connectivity index (χ0) is 18.3. The van der Waals surface area contributed by atoms with Crippen molar-refractivity contribution in [1.82, 2.24) is 18.3 Å². The molecule has 2 aromatic rings. The molecular weight excluding hydrogens is 322 g/mol. The first-order valence-electron chi connectivity index (χ1n) is 6.59. The van der Waals surface area contributed by atoms with E-state index in [0.717, 1.165) is 10.8 Å². The van der Waals surface area contributed by atoms with Gasteiger partial charge in [0.1, 0.15) is 0 Å². The Morgan fingerprint density at radius 3 is 1.96 bits per heavy atom. The van der Waals surface area contributed by atoms with Crippen LogP contribution in [0.3, 0.4) is 0 Å². The number of rotatable bonds is 2. The van der Waals surface area contributed by atoms with Gasteiger partial charge in [0.05, 0.1) is 5.56 Å². The molecule has 0 spiro atoms. The van der Waals surface area contributed by atoms with E-state index in [-0.39, 0.29) is 0 Å². The summed E-state index contributed by atoms with van der Waals surface area (Å²) in [5.41, 5.74) is -4.35. The largest absolute Gasteiger partial charge is 0.859 e. The summed E-state index contributed by atoms with van der Waals surface area (Å²) in [6.45, 7) is 0. The second-order valence-electron chi connectivity index (χ2n) is 5.06. The summed E-state index contributed by atoms with van der Waals surface area (Å²) in [7, 11) is 4.78. The van der Waals surface area contributed by atoms with Gasteiger partial charge in [-0.05, 0) is 5.88 Å². The SMILES string of the molecule is Cn1c([O-])c(C=Nc2c(O)n(C)c(=O)n(C)c2=O)c(=O)n(C)c1=O. The van der Waals surface area contributed by atoms with Crippen LogP contribution in [-0.2, 0) is 28.2 Å². The van der Waals surface area contributed by atoms with Crippen molar-refractivity contribution in [3.05, 3.63) is 47.2 Å². The van der Waals surface area contributed by atoms with Crippen molar-refractivity contribution in [2.24, 2.45) is 33.2 Å². The predicted octanol–water partition coefficient (Wildman–Crippen LogP) is -2.99. The van der Waals surface area contributed by atoms with Crippen LogP contribution in [0.15, 0.2) is 24.2 Å². The summed E-state index contributed by atoms with van der Waals surface area (Å²) < 4.78 is 2.91. The Kier molecular flexibility index (Phi) is 4.02. The van der Waals surface area contributed by atoms with Crippen LogP contribution >= 0.6 is 0 Å². The zero-order valence-corrected chi connectivity index (χ0v) is 13.3. The van der Waals surface area contributed by atoms with Crippen LogP contribution in [0, 0.1) is 0 Å². The fourth-order valence-electron chi connectivity index (χ4n) is 2.02. The Morgan fingerprint density at radius 1 is 0.875 bits per heavy atom. The molecule has 24 heavy (non-hydrogen) atoms. The van der Waals surface area contributed by atoms with Crippen molar-refractivity contribution in [1.29, 1.82) is 0 Å². The highest BCUT2D eigenvalue weighted by Crippen LogP contribution is 2.18. The van der Waals surface area contributed by atoms with Crippen LogP contribution in [0.4, 0.5) is 5.69 Å². The van der Waals surface area contributed by atoms with E-state index in [0.29, 0.717) is 13.7 Å². The van der Waals surface area contributed by atoms with E-state index in [4.69, 9.17) is 0 Å². The summed E-state index contributed by atoms with van der Waals surface area (Å²) in [6, 6.07) is 0. The first-order chi connectivity index (χ1) is 11.1. The molecule has 0 aliphatic carbocycles. The highest BCUT2D eigenvalue weighted by molar-refractivity contribution is 5.84. The molecular formula is C13H14N5O6-. The van der Waals surface area contributed by atoms with Crippen LogP contribution in [-0.4, -0.2) is 29.6 Å². The lowest BCUT2D eigenvalue weighted by Gasteiger charge is -2.16. The summed E-state index contributed by atoms with van der Waals surface area (Å²) in [4.78, 5) is 50.9. The first kappa shape index (κ1) is 17.0. The number of hydrogen-bond acceptors (Lipinski definition) is 7. The van der Waals surface area contributed by atoms with Gasteiger partial charge in [0.15, 0.2) is 5.69 Å². The van der Waals surface area contributed by atoms with Gasteiger partial charge < -0.3 is 14.8 Å². The minimum Gasteiger partial charge on any atom is -0.859 e. The molecule has 0 aliphatic rings. The highest BCUT2D eigenvalue weighted by atomic mass is 16.3. The fraction of sp³-hybridized carbons (Fsp3) is 0.308. The van der Waals surface area contributed by atoms with E-state index in [1.807, 2.05) is 0 Å². The van der Waals surface area contributed by atoms with Crippen LogP contribution in [0.25, 0.3) is 0 Å². The number of aliphatic imine (C=N–C) groups is 1. The van der Waals surface area contributed by atoms with Crippen LogP contribution in [0.1, 0.15) is 5.56 Å². The number of hydrogen-bond donors (Lipinski definition) is 1. The topological polar surface area (TPSA) is 144 Å². The minimum atomic E-state index is -0.902. The van der Waals surface area contributed by atoms with E-state index >= 15 is 0 Å². The van der Waals surface area contributed by atoms with E-state index in [1.165, 1.54) is 28.2 Å². The Hall–Kier alpha value is -3.37. The van der Waals surface area contributed by atoms with Gasteiger partial charge in [-0.2, -0.15) is 0 Å². The summed E-state index contributed by atoms with van der Waals surface area (Å²) >= 11 is 0. The molecule has 0 aromatic carbocycles. The van der Waals surface area contributed by atoms with Crippen molar-refractivity contribution in [3.8, 4) is 11.8 Å². The third kappa shape index (κ3) is 2.35. The van der Waals surface area contributed by atoms with Crippen molar-refractivity contribution < 1.29 is 10.2 Å². The molecule has 0 atom stereocenters. The lowest BCUT2D eigenvalue weighted by molar-refractivity contribution is -0.279.